The van der Waals surface area contributed by atoms with Gasteiger partial charge in [-0.2, -0.15) is 0 Å². The molecule has 2 atom stereocenters. The number of hydrogen-bond donors (Lipinski definition) is 3. The molecule has 20 heavy (non-hydrogen) atoms. The van der Waals surface area contributed by atoms with Crippen LogP contribution in [0.15, 0.2) is 28.7 Å². The topological polar surface area (TPSA) is 84.6 Å². The molecule has 1 rings (SSSR count). The van der Waals surface area contributed by atoms with Gasteiger partial charge in [0.25, 0.3) is 0 Å². The van der Waals surface area contributed by atoms with Gasteiger partial charge in [0.05, 0.1) is 6.04 Å². The van der Waals surface area contributed by atoms with E-state index in [0.29, 0.717) is 5.75 Å². The number of benzene rings is 1. The summed E-state index contributed by atoms with van der Waals surface area (Å²) in [7, 11) is 0. The summed E-state index contributed by atoms with van der Waals surface area (Å²) in [6.07, 6.45) is -0.713. The van der Waals surface area contributed by atoms with Crippen LogP contribution < -0.4 is 15.8 Å². The molecular formula is C14H21BrN2O3. The molecule has 0 aromatic heterocycles. The number of nitrogens with one attached hydrogen (secondary N) is 1. The fourth-order valence-electron chi connectivity index (χ4n) is 1.74. The first-order chi connectivity index (χ1) is 9.40. The summed E-state index contributed by atoms with van der Waals surface area (Å²) in [6, 6.07) is 6.93. The zero-order chi connectivity index (χ0) is 15.1. The molecule has 4 N–H and O–H groups in total. The smallest absolute Gasteiger partial charge is 0.234 e. The SMILES string of the molecule is CC(C)C(NCC(O)COc1cccc(Br)c1)C(N)=O. The Labute approximate surface area is 127 Å². The minimum Gasteiger partial charge on any atom is -0.491 e. The third kappa shape index (κ3) is 5.90. The largest absolute Gasteiger partial charge is 0.491 e. The van der Waals surface area contributed by atoms with Crippen molar-refractivity contribution in [3.8, 4) is 5.75 Å². The van der Waals surface area contributed by atoms with E-state index in [2.05, 4.69) is 21.2 Å². The van der Waals surface area contributed by atoms with Crippen molar-refractivity contribution in [3.63, 3.8) is 0 Å². The molecule has 2 unspecified atom stereocenters. The minimum atomic E-state index is -0.713. The van der Waals surface area contributed by atoms with E-state index in [1.807, 2.05) is 38.1 Å². The standard InChI is InChI=1S/C14H21BrN2O3/c1-9(2)13(14(16)19)17-7-11(18)8-20-12-5-3-4-10(15)6-12/h3-6,9,11,13,17-18H,7-8H2,1-2H3,(H2,16,19). The lowest BCUT2D eigenvalue weighted by molar-refractivity contribution is -0.121. The van der Waals surface area contributed by atoms with Crippen LogP contribution in [0.25, 0.3) is 0 Å². The van der Waals surface area contributed by atoms with E-state index in [-0.39, 0.29) is 19.1 Å². The summed E-state index contributed by atoms with van der Waals surface area (Å²) < 4.78 is 6.38. The van der Waals surface area contributed by atoms with E-state index in [9.17, 15) is 9.90 Å². The zero-order valence-corrected chi connectivity index (χ0v) is 13.3. The minimum absolute atomic E-state index is 0.0747. The fraction of sp³-hybridized carbons (Fsp3) is 0.500. The molecule has 0 spiro atoms. The monoisotopic (exact) mass is 344 g/mol. The van der Waals surface area contributed by atoms with Gasteiger partial charge in [0.15, 0.2) is 0 Å². The summed E-state index contributed by atoms with van der Waals surface area (Å²) in [5, 5.41) is 12.8. The van der Waals surface area contributed by atoms with Crippen molar-refractivity contribution in [1.29, 1.82) is 0 Å². The number of carbonyl (C=O) groups is 1. The van der Waals surface area contributed by atoms with Gasteiger partial charge in [-0.05, 0) is 24.1 Å². The highest BCUT2D eigenvalue weighted by molar-refractivity contribution is 9.10. The van der Waals surface area contributed by atoms with Crippen LogP contribution in [-0.2, 0) is 4.79 Å². The molecule has 0 aliphatic rings. The molecule has 6 heteroatoms. The van der Waals surface area contributed by atoms with Crippen LogP contribution in [0.2, 0.25) is 0 Å². The average molecular weight is 345 g/mol. The molecule has 0 bridgehead atoms. The molecule has 0 aliphatic heterocycles. The predicted molar refractivity (Wildman–Crippen MR) is 81.5 cm³/mol. The quantitative estimate of drug-likeness (QED) is 0.663. The Bertz CT molecular complexity index is 440. The Balaban J connectivity index is 2.36. The zero-order valence-electron chi connectivity index (χ0n) is 11.7. The van der Waals surface area contributed by atoms with Crippen LogP contribution in [0.3, 0.4) is 0 Å². The van der Waals surface area contributed by atoms with Crippen LogP contribution in [0.1, 0.15) is 13.8 Å². The van der Waals surface area contributed by atoms with Crippen LogP contribution >= 0.6 is 15.9 Å². The normalized spacial score (nSPS) is 14.1. The molecule has 0 fully saturated rings. The average Bonchev–Trinajstić information content (AvgIpc) is 2.35. The Morgan fingerprint density at radius 3 is 2.75 bits per heavy atom. The molecule has 0 saturated carbocycles. The van der Waals surface area contributed by atoms with Gasteiger partial charge in [-0.25, -0.2) is 0 Å². The third-order valence-electron chi connectivity index (χ3n) is 2.79. The number of hydrogen-bond acceptors (Lipinski definition) is 4. The van der Waals surface area contributed by atoms with Crippen molar-refractivity contribution < 1.29 is 14.6 Å². The van der Waals surface area contributed by atoms with E-state index in [1.54, 1.807) is 0 Å². The highest BCUT2D eigenvalue weighted by Gasteiger charge is 2.19. The summed E-state index contributed by atoms with van der Waals surface area (Å²) in [5.41, 5.74) is 5.29. The lowest BCUT2D eigenvalue weighted by Gasteiger charge is -2.21. The summed E-state index contributed by atoms with van der Waals surface area (Å²) >= 11 is 3.34. The number of rotatable bonds is 8. The third-order valence-corrected chi connectivity index (χ3v) is 3.28. The molecule has 1 aromatic carbocycles. The van der Waals surface area contributed by atoms with Crippen LogP contribution in [0.5, 0.6) is 5.75 Å². The van der Waals surface area contributed by atoms with E-state index in [1.165, 1.54) is 0 Å². The maximum absolute atomic E-state index is 11.2. The van der Waals surface area contributed by atoms with Gasteiger partial charge in [0.1, 0.15) is 18.5 Å². The number of aliphatic hydroxyl groups excluding tert-OH is 1. The van der Waals surface area contributed by atoms with Gasteiger partial charge in [0, 0.05) is 11.0 Å². The van der Waals surface area contributed by atoms with Gasteiger partial charge in [-0.15, -0.1) is 0 Å². The van der Waals surface area contributed by atoms with E-state index < -0.39 is 18.1 Å². The van der Waals surface area contributed by atoms with E-state index in [4.69, 9.17) is 10.5 Å². The predicted octanol–water partition coefficient (Wildman–Crippen LogP) is 1.29. The maximum Gasteiger partial charge on any atom is 0.234 e. The summed E-state index contributed by atoms with van der Waals surface area (Å²) in [4.78, 5) is 11.2. The summed E-state index contributed by atoms with van der Waals surface area (Å²) in [6.45, 7) is 4.19. The van der Waals surface area contributed by atoms with Gasteiger partial charge >= 0.3 is 0 Å². The Kier molecular flexibility index (Phi) is 6.98. The molecule has 1 aromatic rings. The highest BCUT2D eigenvalue weighted by Crippen LogP contribution is 2.17. The Morgan fingerprint density at radius 1 is 1.50 bits per heavy atom. The number of ether oxygens (including phenoxy) is 1. The van der Waals surface area contributed by atoms with Gasteiger partial charge in [0.2, 0.25) is 5.91 Å². The fourth-order valence-corrected chi connectivity index (χ4v) is 2.11. The first-order valence-corrected chi connectivity index (χ1v) is 7.28. The number of halogens is 1. The molecule has 5 nitrogen and oxygen atoms in total. The Morgan fingerprint density at radius 2 is 2.20 bits per heavy atom. The van der Waals surface area contributed by atoms with Crippen molar-refractivity contribution in [2.45, 2.75) is 26.0 Å². The van der Waals surface area contributed by atoms with Crippen molar-refractivity contribution in [2.24, 2.45) is 11.7 Å². The maximum atomic E-state index is 11.2. The molecule has 0 saturated heterocycles. The second-order valence-corrected chi connectivity index (χ2v) is 5.87. The van der Waals surface area contributed by atoms with Crippen molar-refractivity contribution in [2.75, 3.05) is 13.2 Å². The van der Waals surface area contributed by atoms with Crippen LogP contribution in [0, 0.1) is 5.92 Å². The second kappa shape index (κ2) is 8.24. The van der Waals surface area contributed by atoms with Gasteiger partial charge in [-0.1, -0.05) is 35.8 Å². The second-order valence-electron chi connectivity index (χ2n) is 4.95. The van der Waals surface area contributed by atoms with E-state index in [0.717, 1.165) is 4.47 Å². The van der Waals surface area contributed by atoms with Gasteiger partial charge < -0.3 is 20.9 Å². The molecule has 1 amide bonds. The highest BCUT2D eigenvalue weighted by atomic mass is 79.9. The van der Waals surface area contributed by atoms with Gasteiger partial charge in [-0.3, -0.25) is 4.79 Å². The number of primary amides is 1. The molecule has 0 aliphatic carbocycles. The van der Waals surface area contributed by atoms with Crippen molar-refractivity contribution in [3.05, 3.63) is 28.7 Å². The number of aliphatic hydroxyl groups is 1. The summed E-state index contributed by atoms with van der Waals surface area (Å²) in [5.74, 6) is 0.333. The molecule has 112 valence electrons. The lowest BCUT2D eigenvalue weighted by atomic mass is 10.0. The number of nitrogens with two attached hydrogens (primary N) is 1. The Hall–Kier alpha value is -1.11. The number of carbonyl (C=O) groups excluding carboxylic acids is 1. The molecule has 0 radical (unpaired) electrons. The first-order valence-electron chi connectivity index (χ1n) is 6.49. The van der Waals surface area contributed by atoms with Crippen LogP contribution in [0.4, 0.5) is 0 Å². The first kappa shape index (κ1) is 16.9. The number of amides is 1. The van der Waals surface area contributed by atoms with Crippen molar-refractivity contribution in [1.82, 2.24) is 5.32 Å². The molecular weight excluding hydrogens is 324 g/mol. The molecule has 0 heterocycles. The van der Waals surface area contributed by atoms with E-state index >= 15 is 0 Å². The van der Waals surface area contributed by atoms with Crippen LogP contribution in [-0.4, -0.2) is 36.3 Å². The van der Waals surface area contributed by atoms with Crippen molar-refractivity contribution >= 4 is 21.8 Å². The lowest BCUT2D eigenvalue weighted by Crippen LogP contribution is -2.48.